The number of rotatable bonds is 4. The first-order chi connectivity index (χ1) is 12.5. The molecule has 0 fully saturated rings. The molecule has 26 heavy (non-hydrogen) atoms. The molecule has 130 valence electrons. The van der Waals surface area contributed by atoms with Gasteiger partial charge in [-0.2, -0.15) is 0 Å². The number of sulfonamides is 1. The maximum absolute atomic E-state index is 12.6. The van der Waals surface area contributed by atoms with Crippen LogP contribution in [0, 0.1) is 6.92 Å². The maximum atomic E-state index is 12.6. The largest absolute Gasteiger partial charge is 0.306 e. The summed E-state index contributed by atoms with van der Waals surface area (Å²) in [6.45, 7) is 1.92. The predicted molar refractivity (Wildman–Crippen MR) is 103 cm³/mol. The zero-order valence-electron chi connectivity index (χ0n) is 14.1. The maximum Gasteiger partial charge on any atom is 0.261 e. The molecule has 0 aliphatic heterocycles. The minimum atomic E-state index is -3.63. The van der Waals surface area contributed by atoms with E-state index in [2.05, 4.69) is 9.71 Å². The Morgan fingerprint density at radius 2 is 1.77 bits per heavy atom. The third kappa shape index (κ3) is 3.19. The van der Waals surface area contributed by atoms with Crippen molar-refractivity contribution in [3.63, 3.8) is 0 Å². The van der Waals surface area contributed by atoms with E-state index in [1.54, 1.807) is 36.4 Å². The van der Waals surface area contributed by atoms with E-state index in [0.717, 1.165) is 22.5 Å². The van der Waals surface area contributed by atoms with Crippen molar-refractivity contribution in [3.05, 3.63) is 84.7 Å². The number of benzene rings is 2. The molecule has 4 rings (SSSR count). The van der Waals surface area contributed by atoms with E-state index in [0.29, 0.717) is 5.69 Å². The minimum Gasteiger partial charge on any atom is -0.306 e. The third-order valence-electron chi connectivity index (χ3n) is 4.11. The fraction of sp³-hybridized carbons (Fsp3) is 0.0500. The van der Waals surface area contributed by atoms with Gasteiger partial charge in [0.15, 0.2) is 0 Å². The number of hydrogen-bond donors (Lipinski definition) is 1. The molecular formula is C20H17N3O2S. The van der Waals surface area contributed by atoms with Gasteiger partial charge in [0.1, 0.15) is 5.65 Å². The first-order valence-electron chi connectivity index (χ1n) is 8.15. The predicted octanol–water partition coefficient (Wildman–Crippen LogP) is 4.11. The molecule has 5 nitrogen and oxygen atoms in total. The van der Waals surface area contributed by atoms with Crippen molar-refractivity contribution >= 4 is 21.4 Å². The molecule has 0 radical (unpaired) electrons. The molecule has 0 saturated heterocycles. The average molecular weight is 363 g/mol. The van der Waals surface area contributed by atoms with E-state index in [-0.39, 0.29) is 4.90 Å². The number of aromatic nitrogens is 2. The van der Waals surface area contributed by atoms with Crippen molar-refractivity contribution in [2.75, 3.05) is 4.72 Å². The molecule has 0 unspecified atom stereocenters. The lowest BCUT2D eigenvalue weighted by atomic mass is 10.1. The van der Waals surface area contributed by atoms with Crippen LogP contribution in [-0.2, 0) is 10.0 Å². The first kappa shape index (κ1) is 16.4. The van der Waals surface area contributed by atoms with Gasteiger partial charge in [-0.1, -0.05) is 35.9 Å². The number of nitrogens with zero attached hydrogens (tertiary/aromatic N) is 2. The Hall–Kier alpha value is -3.12. The zero-order chi connectivity index (χ0) is 18.1. The lowest BCUT2D eigenvalue weighted by molar-refractivity contribution is 0.601. The van der Waals surface area contributed by atoms with Gasteiger partial charge in [0, 0.05) is 23.6 Å². The highest BCUT2D eigenvalue weighted by atomic mass is 32.2. The molecule has 2 aromatic heterocycles. The van der Waals surface area contributed by atoms with E-state index in [4.69, 9.17) is 0 Å². The zero-order valence-corrected chi connectivity index (χ0v) is 14.9. The number of nitrogens with one attached hydrogen (secondary N) is 1. The van der Waals surface area contributed by atoms with Gasteiger partial charge < -0.3 is 4.40 Å². The van der Waals surface area contributed by atoms with Crippen LogP contribution in [0.1, 0.15) is 5.56 Å². The highest BCUT2D eigenvalue weighted by molar-refractivity contribution is 7.92. The Bertz CT molecular complexity index is 1150. The molecule has 4 aromatic rings. The molecule has 1 N–H and O–H groups in total. The third-order valence-corrected chi connectivity index (χ3v) is 5.50. The molecule has 2 heterocycles. The second-order valence-corrected chi connectivity index (χ2v) is 7.77. The quantitative estimate of drug-likeness (QED) is 0.593. The lowest BCUT2D eigenvalue weighted by Gasteiger charge is -2.09. The van der Waals surface area contributed by atoms with Crippen LogP contribution in [0.5, 0.6) is 0 Å². The van der Waals surface area contributed by atoms with E-state index >= 15 is 0 Å². The Labute approximate surface area is 152 Å². The highest BCUT2D eigenvalue weighted by Gasteiger charge is 2.14. The summed E-state index contributed by atoms with van der Waals surface area (Å²) in [6, 6.07) is 19.8. The highest BCUT2D eigenvalue weighted by Crippen LogP contribution is 2.24. The molecule has 0 saturated carbocycles. The normalized spacial score (nSPS) is 11.6. The number of aryl methyl sites for hydroxylation is 1. The fourth-order valence-corrected chi connectivity index (χ4v) is 3.80. The lowest BCUT2D eigenvalue weighted by Crippen LogP contribution is -2.12. The molecule has 2 aromatic carbocycles. The molecule has 0 atom stereocenters. The van der Waals surface area contributed by atoms with Gasteiger partial charge in [0.25, 0.3) is 10.0 Å². The van der Waals surface area contributed by atoms with Gasteiger partial charge in [0.2, 0.25) is 0 Å². The monoisotopic (exact) mass is 363 g/mol. The van der Waals surface area contributed by atoms with Crippen LogP contribution < -0.4 is 4.72 Å². The summed E-state index contributed by atoms with van der Waals surface area (Å²) in [6.07, 6.45) is 3.85. The van der Waals surface area contributed by atoms with Crippen molar-refractivity contribution in [2.24, 2.45) is 0 Å². The topological polar surface area (TPSA) is 63.5 Å². The Balaban J connectivity index is 1.66. The van der Waals surface area contributed by atoms with E-state index in [9.17, 15) is 8.42 Å². The van der Waals surface area contributed by atoms with Gasteiger partial charge >= 0.3 is 0 Å². The number of pyridine rings is 1. The molecule has 6 heteroatoms. The summed E-state index contributed by atoms with van der Waals surface area (Å²) in [7, 11) is -3.63. The van der Waals surface area contributed by atoms with Gasteiger partial charge in [-0.15, -0.1) is 0 Å². The minimum absolute atomic E-state index is 0.237. The number of hydrogen-bond acceptors (Lipinski definition) is 3. The second-order valence-electron chi connectivity index (χ2n) is 6.09. The van der Waals surface area contributed by atoms with Crippen molar-refractivity contribution in [3.8, 4) is 11.3 Å². The van der Waals surface area contributed by atoms with Crippen LogP contribution in [0.2, 0.25) is 0 Å². The van der Waals surface area contributed by atoms with Crippen LogP contribution >= 0.6 is 0 Å². The molecule has 0 amide bonds. The van der Waals surface area contributed by atoms with Crippen LogP contribution in [-0.4, -0.2) is 17.8 Å². The molecule has 0 aliphatic carbocycles. The summed E-state index contributed by atoms with van der Waals surface area (Å²) < 4.78 is 29.7. The molecule has 0 spiro atoms. The Morgan fingerprint density at radius 3 is 2.54 bits per heavy atom. The van der Waals surface area contributed by atoms with Crippen molar-refractivity contribution in [1.29, 1.82) is 0 Å². The van der Waals surface area contributed by atoms with Gasteiger partial charge in [-0.05, 0) is 43.3 Å². The number of imidazole rings is 1. The van der Waals surface area contributed by atoms with Crippen LogP contribution in [0.25, 0.3) is 16.9 Å². The van der Waals surface area contributed by atoms with Crippen LogP contribution in [0.4, 0.5) is 5.69 Å². The smallest absolute Gasteiger partial charge is 0.261 e. The molecule has 0 aliphatic rings. The average Bonchev–Trinajstić information content (AvgIpc) is 3.06. The van der Waals surface area contributed by atoms with Crippen LogP contribution in [0.15, 0.2) is 84.0 Å². The SMILES string of the molecule is Cc1ccc(S(=O)(=O)Nc2cccc(-c3cn4ccccc4n3)c2)cc1. The summed E-state index contributed by atoms with van der Waals surface area (Å²) in [5, 5.41) is 0. The standard InChI is InChI=1S/C20H17N3O2S/c1-15-8-10-18(11-9-15)26(24,25)22-17-6-4-5-16(13-17)19-14-23-12-3-2-7-20(23)21-19/h2-14,22H,1H3. The Kier molecular flexibility index (Phi) is 3.97. The summed E-state index contributed by atoms with van der Waals surface area (Å²) in [5.41, 5.74) is 3.98. The van der Waals surface area contributed by atoms with Gasteiger partial charge in [-0.3, -0.25) is 4.72 Å². The second kappa shape index (κ2) is 6.31. The Morgan fingerprint density at radius 1 is 0.962 bits per heavy atom. The fourth-order valence-electron chi connectivity index (χ4n) is 2.75. The first-order valence-corrected chi connectivity index (χ1v) is 9.63. The van der Waals surface area contributed by atoms with Crippen molar-refractivity contribution in [1.82, 2.24) is 9.38 Å². The van der Waals surface area contributed by atoms with Crippen molar-refractivity contribution < 1.29 is 8.42 Å². The van der Waals surface area contributed by atoms with Crippen molar-refractivity contribution in [2.45, 2.75) is 11.8 Å². The summed E-state index contributed by atoms with van der Waals surface area (Å²) in [5.74, 6) is 0. The van der Waals surface area contributed by atoms with Gasteiger partial charge in [-0.25, -0.2) is 13.4 Å². The van der Waals surface area contributed by atoms with Gasteiger partial charge in [0.05, 0.1) is 10.6 Å². The van der Waals surface area contributed by atoms with E-state index in [1.807, 2.05) is 54.0 Å². The number of anilines is 1. The van der Waals surface area contributed by atoms with E-state index in [1.165, 1.54) is 0 Å². The summed E-state index contributed by atoms with van der Waals surface area (Å²) in [4.78, 5) is 4.81. The van der Waals surface area contributed by atoms with E-state index < -0.39 is 10.0 Å². The number of fused-ring (bicyclic) bond motifs is 1. The molecular weight excluding hydrogens is 346 g/mol. The summed E-state index contributed by atoms with van der Waals surface area (Å²) >= 11 is 0. The molecule has 0 bridgehead atoms. The van der Waals surface area contributed by atoms with Crippen LogP contribution in [0.3, 0.4) is 0 Å².